The van der Waals surface area contributed by atoms with Crippen LogP contribution in [0.25, 0.3) is 0 Å². The number of hydrogen-bond donors (Lipinski definition) is 1. The fourth-order valence-electron chi connectivity index (χ4n) is 1.76. The molecule has 1 heterocycles. The molecule has 1 fully saturated rings. The van der Waals surface area contributed by atoms with Crippen LogP contribution >= 0.6 is 11.3 Å². The number of thiophene rings is 1. The fraction of sp³-hybridized carbons (Fsp3) is 0.636. The highest BCUT2D eigenvalue weighted by atomic mass is 32.2. The van der Waals surface area contributed by atoms with E-state index in [1.165, 1.54) is 11.3 Å². The van der Waals surface area contributed by atoms with Gasteiger partial charge in [-0.3, -0.25) is 0 Å². The van der Waals surface area contributed by atoms with Gasteiger partial charge < -0.3 is 5.73 Å². The van der Waals surface area contributed by atoms with Crippen molar-refractivity contribution in [2.75, 3.05) is 12.3 Å². The molecule has 17 heavy (non-hydrogen) atoms. The van der Waals surface area contributed by atoms with Crippen molar-refractivity contribution in [2.45, 2.75) is 42.9 Å². The average Bonchev–Trinajstić information content (AvgIpc) is 3.00. The maximum Gasteiger partial charge on any atom is 0.252 e. The number of anilines is 1. The number of nitrogens with zero attached hydrogens (tertiary/aromatic N) is 1. The van der Waals surface area contributed by atoms with Gasteiger partial charge in [0.15, 0.2) is 0 Å². The van der Waals surface area contributed by atoms with Gasteiger partial charge in [-0.1, -0.05) is 13.3 Å². The molecule has 1 aromatic rings. The SMILES string of the molecule is CCCCN(C1CC1)S(=O)(=O)c1cc(N)cs1. The lowest BCUT2D eigenvalue weighted by molar-refractivity contribution is 0.397. The van der Waals surface area contributed by atoms with Crippen molar-refractivity contribution in [2.24, 2.45) is 0 Å². The maximum atomic E-state index is 12.4. The minimum Gasteiger partial charge on any atom is -0.398 e. The van der Waals surface area contributed by atoms with Crippen LogP contribution in [0.2, 0.25) is 0 Å². The molecule has 6 heteroatoms. The van der Waals surface area contributed by atoms with Gasteiger partial charge in [0, 0.05) is 23.7 Å². The number of nitrogen functional groups attached to an aromatic ring is 1. The Balaban J connectivity index is 2.21. The number of sulfonamides is 1. The van der Waals surface area contributed by atoms with E-state index in [1.807, 2.05) is 0 Å². The van der Waals surface area contributed by atoms with Crippen molar-refractivity contribution >= 4 is 27.0 Å². The van der Waals surface area contributed by atoms with E-state index in [0.717, 1.165) is 25.7 Å². The summed E-state index contributed by atoms with van der Waals surface area (Å²) in [5, 5.41) is 1.68. The molecule has 0 unspecified atom stereocenters. The molecule has 0 bridgehead atoms. The summed E-state index contributed by atoms with van der Waals surface area (Å²) in [5.74, 6) is 0. The van der Waals surface area contributed by atoms with Gasteiger partial charge in [0.2, 0.25) is 0 Å². The highest BCUT2D eigenvalue weighted by Gasteiger charge is 2.38. The molecule has 1 aliphatic rings. The molecule has 2 rings (SSSR count). The van der Waals surface area contributed by atoms with E-state index in [9.17, 15) is 8.42 Å². The summed E-state index contributed by atoms with van der Waals surface area (Å²) >= 11 is 1.21. The first-order chi connectivity index (χ1) is 8.05. The Morgan fingerprint density at radius 3 is 2.71 bits per heavy atom. The van der Waals surface area contributed by atoms with Crippen LogP contribution in [0.3, 0.4) is 0 Å². The van der Waals surface area contributed by atoms with Crippen LogP contribution in [0.1, 0.15) is 32.6 Å². The van der Waals surface area contributed by atoms with Gasteiger partial charge >= 0.3 is 0 Å². The van der Waals surface area contributed by atoms with Crippen LogP contribution in [0, 0.1) is 0 Å². The fourth-order valence-corrected chi connectivity index (χ4v) is 4.69. The molecule has 1 aliphatic carbocycles. The van der Waals surface area contributed by atoms with Gasteiger partial charge in [0.05, 0.1) is 0 Å². The van der Waals surface area contributed by atoms with Crippen molar-refractivity contribution < 1.29 is 8.42 Å². The molecule has 96 valence electrons. The Labute approximate surface area is 106 Å². The van der Waals surface area contributed by atoms with Crippen LogP contribution in [-0.4, -0.2) is 25.3 Å². The number of unbranched alkanes of at least 4 members (excludes halogenated alkanes) is 1. The number of rotatable bonds is 6. The van der Waals surface area contributed by atoms with E-state index in [0.29, 0.717) is 16.4 Å². The molecule has 0 spiro atoms. The lowest BCUT2D eigenvalue weighted by Gasteiger charge is -2.20. The van der Waals surface area contributed by atoms with Crippen molar-refractivity contribution in [1.29, 1.82) is 0 Å². The summed E-state index contributed by atoms with van der Waals surface area (Å²) in [4.78, 5) is 0. The van der Waals surface area contributed by atoms with Crippen molar-refractivity contribution in [3.8, 4) is 0 Å². The lowest BCUT2D eigenvalue weighted by atomic mass is 10.3. The summed E-state index contributed by atoms with van der Waals surface area (Å²) in [7, 11) is -3.32. The van der Waals surface area contributed by atoms with E-state index in [-0.39, 0.29) is 6.04 Å². The minimum atomic E-state index is -3.32. The number of hydrogen-bond acceptors (Lipinski definition) is 4. The normalized spacial score (nSPS) is 16.6. The molecular formula is C11H18N2O2S2. The second-order valence-corrected chi connectivity index (χ2v) is 7.43. The smallest absolute Gasteiger partial charge is 0.252 e. The zero-order chi connectivity index (χ0) is 12.5. The van der Waals surface area contributed by atoms with Gasteiger partial charge in [0.1, 0.15) is 4.21 Å². The highest BCUT2D eigenvalue weighted by Crippen LogP contribution is 2.34. The van der Waals surface area contributed by atoms with Gasteiger partial charge in [-0.15, -0.1) is 11.3 Å². The first-order valence-corrected chi connectivity index (χ1v) is 8.23. The topological polar surface area (TPSA) is 63.4 Å². The minimum absolute atomic E-state index is 0.217. The Morgan fingerprint density at radius 1 is 1.53 bits per heavy atom. The molecule has 0 aromatic carbocycles. The number of nitrogens with two attached hydrogens (primary N) is 1. The Hall–Kier alpha value is -0.590. The quantitative estimate of drug-likeness (QED) is 0.865. The van der Waals surface area contributed by atoms with Gasteiger partial charge in [0.25, 0.3) is 10.0 Å². The molecule has 0 saturated heterocycles. The van der Waals surface area contributed by atoms with Crippen LogP contribution in [-0.2, 0) is 10.0 Å². The third-order valence-electron chi connectivity index (χ3n) is 2.84. The molecule has 0 radical (unpaired) electrons. The van der Waals surface area contributed by atoms with E-state index in [2.05, 4.69) is 6.92 Å². The molecular weight excluding hydrogens is 256 g/mol. The predicted molar refractivity (Wildman–Crippen MR) is 70.6 cm³/mol. The Bertz CT molecular complexity index is 477. The van der Waals surface area contributed by atoms with Crippen molar-refractivity contribution in [3.63, 3.8) is 0 Å². The lowest BCUT2D eigenvalue weighted by Crippen LogP contribution is -2.33. The molecule has 4 nitrogen and oxygen atoms in total. The van der Waals surface area contributed by atoms with Gasteiger partial charge in [-0.25, -0.2) is 8.42 Å². The van der Waals surface area contributed by atoms with Crippen LogP contribution in [0.5, 0.6) is 0 Å². The first kappa shape index (κ1) is 12.9. The zero-order valence-electron chi connectivity index (χ0n) is 9.93. The van der Waals surface area contributed by atoms with Gasteiger partial charge in [-0.2, -0.15) is 4.31 Å². The third-order valence-corrected chi connectivity index (χ3v) is 6.23. The second kappa shape index (κ2) is 4.96. The van der Waals surface area contributed by atoms with Crippen molar-refractivity contribution in [1.82, 2.24) is 4.31 Å². The predicted octanol–water partition coefficient (Wildman–Crippen LogP) is 2.28. The Kier molecular flexibility index (Phi) is 3.75. The van der Waals surface area contributed by atoms with Crippen LogP contribution < -0.4 is 5.73 Å². The van der Waals surface area contributed by atoms with Gasteiger partial charge in [-0.05, 0) is 25.3 Å². The standard InChI is InChI=1S/C11H18N2O2S2/c1-2-3-6-13(10-4-5-10)17(14,15)11-7-9(12)8-16-11/h7-8,10H,2-6,12H2,1H3. The molecule has 0 aliphatic heterocycles. The molecule has 2 N–H and O–H groups in total. The van der Waals surface area contributed by atoms with E-state index in [4.69, 9.17) is 5.73 Å². The van der Waals surface area contributed by atoms with Crippen molar-refractivity contribution in [3.05, 3.63) is 11.4 Å². The average molecular weight is 274 g/mol. The summed E-state index contributed by atoms with van der Waals surface area (Å²) in [6, 6.07) is 1.77. The maximum absolute atomic E-state index is 12.4. The molecule has 1 aromatic heterocycles. The summed E-state index contributed by atoms with van der Waals surface area (Å²) in [6.45, 7) is 2.70. The van der Waals surface area contributed by atoms with E-state index >= 15 is 0 Å². The summed E-state index contributed by atoms with van der Waals surface area (Å²) in [6.07, 6.45) is 3.90. The molecule has 1 saturated carbocycles. The van der Waals surface area contributed by atoms with Crippen LogP contribution in [0.4, 0.5) is 5.69 Å². The third kappa shape index (κ3) is 2.81. The highest BCUT2D eigenvalue weighted by molar-refractivity contribution is 7.91. The summed E-state index contributed by atoms with van der Waals surface area (Å²) in [5.41, 5.74) is 6.12. The first-order valence-electron chi connectivity index (χ1n) is 5.91. The molecule has 0 amide bonds. The zero-order valence-corrected chi connectivity index (χ0v) is 11.6. The second-order valence-electron chi connectivity index (χ2n) is 4.40. The summed E-state index contributed by atoms with van der Waals surface area (Å²) < 4.78 is 26.9. The monoisotopic (exact) mass is 274 g/mol. The Morgan fingerprint density at radius 2 is 2.24 bits per heavy atom. The van der Waals surface area contributed by atoms with E-state index in [1.54, 1.807) is 15.8 Å². The molecule has 0 atom stereocenters. The van der Waals surface area contributed by atoms with E-state index < -0.39 is 10.0 Å². The largest absolute Gasteiger partial charge is 0.398 e. The van der Waals surface area contributed by atoms with Crippen LogP contribution in [0.15, 0.2) is 15.7 Å².